The zero-order valence-electron chi connectivity index (χ0n) is 8.01. The van der Waals surface area contributed by atoms with Crippen molar-refractivity contribution in [3.8, 4) is 0 Å². The summed E-state index contributed by atoms with van der Waals surface area (Å²) in [6.45, 7) is 6.11. The molecule has 0 fully saturated rings. The van der Waals surface area contributed by atoms with E-state index in [0.29, 0.717) is 16.8 Å². The van der Waals surface area contributed by atoms with Crippen LogP contribution >= 0.6 is 12.2 Å². The molecule has 2 N–H and O–H groups in total. The number of aromatic nitrogens is 2. The van der Waals surface area contributed by atoms with E-state index < -0.39 is 5.97 Å². The lowest BCUT2D eigenvalue weighted by Crippen LogP contribution is -2.03. The molecule has 0 bridgehead atoms. The zero-order chi connectivity index (χ0) is 10.3. The van der Waals surface area contributed by atoms with Crippen LogP contribution in [0.3, 0.4) is 0 Å². The summed E-state index contributed by atoms with van der Waals surface area (Å²) >= 11 is 4.79. The topological polar surface area (TPSA) is 57.9 Å². The summed E-state index contributed by atoms with van der Waals surface area (Å²) in [6, 6.07) is 0. The normalized spacial score (nSPS) is 8.54. The van der Waals surface area contributed by atoms with E-state index in [2.05, 4.69) is 10.2 Å². The Balaban J connectivity index is 0.000000671. The zero-order valence-corrected chi connectivity index (χ0v) is 8.83. The highest BCUT2D eigenvalue weighted by Gasteiger charge is 2.08. The van der Waals surface area contributed by atoms with Gasteiger partial charge in [0.25, 0.3) is 0 Å². The molecule has 4 nitrogen and oxygen atoms in total. The van der Waals surface area contributed by atoms with E-state index in [9.17, 15) is 4.79 Å². The van der Waals surface area contributed by atoms with Crippen molar-refractivity contribution in [1.82, 2.24) is 10.2 Å². The molecule has 5 heteroatoms. The van der Waals surface area contributed by atoms with Crippen LogP contribution in [0.4, 0.5) is 0 Å². The lowest BCUT2D eigenvalue weighted by Gasteiger charge is -1.95. The van der Waals surface area contributed by atoms with Gasteiger partial charge in [0.2, 0.25) is 0 Å². The molecule has 0 aromatic carbocycles. The molecule has 0 aliphatic heterocycles. The van der Waals surface area contributed by atoms with Crippen molar-refractivity contribution < 1.29 is 9.53 Å². The number of rotatable bonds is 2. The first kappa shape index (κ1) is 11.9. The molecule has 0 aliphatic rings. The number of hydrogen-bond acceptors (Lipinski definition) is 3. The molecule has 1 aromatic rings. The van der Waals surface area contributed by atoms with Gasteiger partial charge in [-0.1, -0.05) is 26.1 Å². The Kier molecular flexibility index (Phi) is 5.88. The first-order chi connectivity index (χ1) is 6.25. The van der Waals surface area contributed by atoms with E-state index in [1.165, 1.54) is 6.20 Å². The summed E-state index contributed by atoms with van der Waals surface area (Å²) < 4.78 is 5.10. The number of carbonyl (C=O) groups is 1. The van der Waals surface area contributed by atoms with E-state index in [1.807, 2.05) is 13.8 Å². The number of nitrogens with one attached hydrogen (secondary N) is 2. The van der Waals surface area contributed by atoms with Crippen LogP contribution in [0, 0.1) is 4.64 Å². The second-order valence-electron chi connectivity index (χ2n) is 1.88. The third-order valence-corrected chi connectivity index (χ3v) is 1.46. The predicted octanol–water partition coefficient (Wildman–Crippen LogP) is 2.28. The van der Waals surface area contributed by atoms with Gasteiger partial charge in [-0.3, -0.25) is 5.10 Å². The van der Waals surface area contributed by atoms with Crippen LogP contribution in [0.1, 0.15) is 31.1 Å². The molecular formula is C8H14N2O2S. The van der Waals surface area contributed by atoms with Gasteiger partial charge in [-0.05, 0) is 6.92 Å². The second-order valence-corrected chi connectivity index (χ2v) is 2.29. The lowest BCUT2D eigenvalue weighted by molar-refractivity contribution is 0.0526. The Labute approximate surface area is 82.3 Å². The van der Waals surface area contributed by atoms with E-state index in [1.54, 1.807) is 6.92 Å². The van der Waals surface area contributed by atoms with Crippen LogP contribution in [-0.2, 0) is 4.74 Å². The second kappa shape index (κ2) is 6.42. The number of ether oxygens (including phenoxy) is 1. The van der Waals surface area contributed by atoms with Crippen molar-refractivity contribution in [2.45, 2.75) is 20.8 Å². The van der Waals surface area contributed by atoms with Gasteiger partial charge in [0.05, 0.1) is 6.61 Å². The maximum atomic E-state index is 11.0. The molecule has 0 amide bonds. The minimum Gasteiger partial charge on any atom is -0.462 e. The monoisotopic (exact) mass is 202 g/mol. The van der Waals surface area contributed by atoms with Gasteiger partial charge >= 0.3 is 5.97 Å². The molecule has 1 aromatic heterocycles. The molecule has 0 spiro atoms. The molecule has 74 valence electrons. The van der Waals surface area contributed by atoms with E-state index in [0.717, 1.165) is 0 Å². The fourth-order valence-corrected chi connectivity index (χ4v) is 0.868. The molecule has 13 heavy (non-hydrogen) atoms. The maximum Gasteiger partial charge on any atom is 0.342 e. The standard InChI is InChI=1S/C6H8N2O2S.C2H6/c1-2-10-6(9)4-3-7-8-5(4)11;1-2/h3H,2H2,1H3,(H2,7,8,11);1-2H3. The average Bonchev–Trinajstić information content (AvgIpc) is 2.55. The predicted molar refractivity (Wildman–Crippen MR) is 53.3 cm³/mol. The number of carbonyl (C=O) groups excluding carboxylic acids is 1. The minimum absolute atomic E-state index is 0.360. The van der Waals surface area contributed by atoms with Crippen LogP contribution < -0.4 is 0 Å². The lowest BCUT2D eigenvalue weighted by atomic mass is 10.4. The van der Waals surface area contributed by atoms with Crippen molar-refractivity contribution >= 4 is 18.2 Å². The Hall–Kier alpha value is -1.10. The van der Waals surface area contributed by atoms with Crippen molar-refractivity contribution in [1.29, 1.82) is 0 Å². The smallest absolute Gasteiger partial charge is 0.342 e. The molecule has 0 radical (unpaired) electrons. The van der Waals surface area contributed by atoms with E-state index in [-0.39, 0.29) is 0 Å². The molecule has 1 heterocycles. The molecule has 0 saturated heterocycles. The van der Waals surface area contributed by atoms with Gasteiger partial charge in [0, 0.05) is 6.20 Å². The van der Waals surface area contributed by atoms with E-state index in [4.69, 9.17) is 17.0 Å². The minimum atomic E-state index is -0.394. The SMILES string of the molecule is CC.CCOC(=O)c1c[nH][nH]c1=S. The van der Waals surface area contributed by atoms with Crippen LogP contribution in [0.25, 0.3) is 0 Å². The highest BCUT2D eigenvalue weighted by atomic mass is 32.1. The summed E-state index contributed by atoms with van der Waals surface area (Å²) in [7, 11) is 0. The van der Waals surface area contributed by atoms with E-state index >= 15 is 0 Å². The largest absolute Gasteiger partial charge is 0.462 e. The van der Waals surface area contributed by atoms with Crippen molar-refractivity contribution in [2.75, 3.05) is 6.61 Å². The molecule has 0 atom stereocenters. The highest BCUT2D eigenvalue weighted by Crippen LogP contribution is 1.99. The Bertz CT molecular complexity index is 303. The van der Waals surface area contributed by atoms with Crippen molar-refractivity contribution in [3.05, 3.63) is 16.4 Å². The van der Waals surface area contributed by atoms with Gasteiger partial charge in [-0.2, -0.15) is 0 Å². The van der Waals surface area contributed by atoms with Gasteiger partial charge in [0.15, 0.2) is 0 Å². The first-order valence-electron chi connectivity index (χ1n) is 4.19. The van der Waals surface area contributed by atoms with Gasteiger partial charge in [0.1, 0.15) is 10.2 Å². The van der Waals surface area contributed by atoms with Crippen LogP contribution in [0.2, 0.25) is 0 Å². The molecule has 1 rings (SSSR count). The summed E-state index contributed by atoms with van der Waals surface area (Å²) in [5.41, 5.74) is 0.377. The van der Waals surface area contributed by atoms with Gasteiger partial charge in [-0.25, -0.2) is 4.79 Å². The highest BCUT2D eigenvalue weighted by molar-refractivity contribution is 7.71. The fourth-order valence-electron chi connectivity index (χ4n) is 0.667. The fraction of sp³-hybridized carbons (Fsp3) is 0.500. The third-order valence-electron chi connectivity index (χ3n) is 1.14. The van der Waals surface area contributed by atoms with Crippen LogP contribution in [0.15, 0.2) is 6.20 Å². The summed E-state index contributed by atoms with van der Waals surface area (Å²) in [6.07, 6.45) is 1.49. The maximum absolute atomic E-state index is 11.0. The molecule has 0 aliphatic carbocycles. The number of H-pyrrole nitrogens is 2. The average molecular weight is 202 g/mol. The number of hydrogen-bond donors (Lipinski definition) is 2. The Morgan fingerprint density at radius 2 is 2.23 bits per heavy atom. The first-order valence-corrected chi connectivity index (χ1v) is 4.59. The van der Waals surface area contributed by atoms with Crippen LogP contribution in [-0.4, -0.2) is 22.8 Å². The van der Waals surface area contributed by atoms with Gasteiger partial charge in [-0.15, -0.1) is 0 Å². The Morgan fingerprint density at radius 1 is 1.62 bits per heavy atom. The van der Waals surface area contributed by atoms with Gasteiger partial charge < -0.3 is 9.84 Å². The summed E-state index contributed by atoms with van der Waals surface area (Å²) in [4.78, 5) is 11.0. The summed E-state index contributed by atoms with van der Waals surface area (Å²) in [5, 5.41) is 5.20. The summed E-state index contributed by atoms with van der Waals surface area (Å²) in [5.74, 6) is -0.394. The molecule has 0 unspecified atom stereocenters. The number of aromatic amines is 2. The van der Waals surface area contributed by atoms with Crippen molar-refractivity contribution in [3.63, 3.8) is 0 Å². The number of esters is 1. The molecular weight excluding hydrogens is 188 g/mol. The van der Waals surface area contributed by atoms with Crippen molar-refractivity contribution in [2.24, 2.45) is 0 Å². The molecule has 0 saturated carbocycles. The third kappa shape index (κ3) is 3.42. The Morgan fingerprint density at radius 3 is 2.62 bits per heavy atom. The van der Waals surface area contributed by atoms with Crippen LogP contribution in [0.5, 0.6) is 0 Å². The quantitative estimate of drug-likeness (QED) is 0.571.